The molecule has 1 N–H and O–H groups in total. The highest BCUT2D eigenvalue weighted by Gasteiger charge is 2.21. The lowest BCUT2D eigenvalue weighted by Crippen LogP contribution is -2.45. The van der Waals surface area contributed by atoms with E-state index in [1.54, 1.807) is 0 Å². The number of piperidine rings is 1. The van der Waals surface area contributed by atoms with E-state index < -0.39 is 0 Å². The lowest BCUT2D eigenvalue weighted by molar-refractivity contribution is 0.387. The molecule has 0 radical (unpaired) electrons. The topological polar surface area (TPSA) is 15.3 Å². The number of rotatable bonds is 4. The van der Waals surface area contributed by atoms with Gasteiger partial charge in [-0.15, -0.1) is 0 Å². The minimum Gasteiger partial charge on any atom is -0.371 e. The van der Waals surface area contributed by atoms with Crippen LogP contribution in [0.2, 0.25) is 0 Å². The molecular weight excluding hydrogens is 232 g/mol. The first-order valence-electron chi connectivity index (χ1n) is 7.68. The molecular formula is C17H28N2. The van der Waals surface area contributed by atoms with Crippen LogP contribution in [0.1, 0.15) is 52.0 Å². The number of nitrogens with one attached hydrogen (secondary N) is 1. The third kappa shape index (κ3) is 3.73. The summed E-state index contributed by atoms with van der Waals surface area (Å²) >= 11 is 0. The maximum atomic E-state index is 3.66. The summed E-state index contributed by atoms with van der Waals surface area (Å²) in [5.41, 5.74) is 2.93. The van der Waals surface area contributed by atoms with E-state index in [0.29, 0.717) is 18.0 Å². The normalized spacial score (nSPS) is 17.5. The Morgan fingerprint density at radius 1 is 1.05 bits per heavy atom. The molecule has 19 heavy (non-hydrogen) atoms. The second-order valence-corrected chi connectivity index (χ2v) is 6.30. The first kappa shape index (κ1) is 14.4. The monoisotopic (exact) mass is 260 g/mol. The van der Waals surface area contributed by atoms with Gasteiger partial charge in [0.05, 0.1) is 0 Å². The van der Waals surface area contributed by atoms with Crippen molar-refractivity contribution in [2.45, 2.75) is 58.5 Å². The average molecular weight is 260 g/mol. The molecule has 0 amide bonds. The first-order chi connectivity index (χ1) is 9.08. The van der Waals surface area contributed by atoms with Crippen molar-refractivity contribution in [3.8, 4) is 0 Å². The summed E-state index contributed by atoms with van der Waals surface area (Å²) in [5.74, 6) is 0.600. The van der Waals surface area contributed by atoms with Crippen molar-refractivity contribution >= 4 is 5.69 Å². The highest BCUT2D eigenvalue weighted by atomic mass is 15.2. The highest BCUT2D eigenvalue weighted by molar-refractivity contribution is 5.55. The minimum absolute atomic E-state index is 0.597. The molecule has 2 heteroatoms. The van der Waals surface area contributed by atoms with Crippen molar-refractivity contribution in [2.75, 3.05) is 18.0 Å². The highest BCUT2D eigenvalue weighted by Crippen LogP contribution is 2.29. The lowest BCUT2D eigenvalue weighted by Gasteiger charge is -2.36. The van der Waals surface area contributed by atoms with Crippen molar-refractivity contribution < 1.29 is 0 Å². The summed E-state index contributed by atoms with van der Waals surface area (Å²) in [5, 5.41) is 3.66. The Morgan fingerprint density at radius 2 is 1.68 bits per heavy atom. The zero-order chi connectivity index (χ0) is 13.8. The van der Waals surface area contributed by atoms with Gasteiger partial charge in [-0.05, 0) is 30.4 Å². The number of hydrogen-bond acceptors (Lipinski definition) is 2. The molecule has 0 aromatic heterocycles. The van der Waals surface area contributed by atoms with E-state index in [4.69, 9.17) is 0 Å². The average Bonchev–Trinajstić information content (AvgIpc) is 2.39. The van der Waals surface area contributed by atoms with Gasteiger partial charge in [0.15, 0.2) is 0 Å². The molecule has 1 aromatic rings. The Balaban J connectivity index is 2.02. The van der Waals surface area contributed by atoms with Gasteiger partial charge in [0, 0.05) is 30.9 Å². The van der Waals surface area contributed by atoms with Gasteiger partial charge >= 0.3 is 0 Å². The number of anilines is 1. The quantitative estimate of drug-likeness (QED) is 0.886. The maximum absolute atomic E-state index is 3.66. The fraction of sp³-hybridized carbons (Fsp3) is 0.647. The van der Waals surface area contributed by atoms with Crippen LogP contribution < -0.4 is 10.2 Å². The number of hydrogen-bond donors (Lipinski definition) is 1. The second-order valence-electron chi connectivity index (χ2n) is 6.30. The van der Waals surface area contributed by atoms with Gasteiger partial charge in [0.25, 0.3) is 0 Å². The van der Waals surface area contributed by atoms with Crippen LogP contribution in [0.5, 0.6) is 0 Å². The third-order valence-electron chi connectivity index (χ3n) is 3.96. The van der Waals surface area contributed by atoms with E-state index in [-0.39, 0.29) is 0 Å². The Bertz CT molecular complexity index is 390. The van der Waals surface area contributed by atoms with Crippen LogP contribution >= 0.6 is 0 Å². The molecule has 0 atom stereocenters. The third-order valence-corrected chi connectivity index (χ3v) is 3.96. The SMILES string of the molecule is CC(C)NC1CCN(c2ccccc2C(C)C)CC1. The van der Waals surface area contributed by atoms with Crippen molar-refractivity contribution in [3.63, 3.8) is 0 Å². The molecule has 0 bridgehead atoms. The van der Waals surface area contributed by atoms with Gasteiger partial charge in [-0.25, -0.2) is 0 Å². The number of para-hydroxylation sites is 1. The molecule has 1 heterocycles. The van der Waals surface area contributed by atoms with Gasteiger partial charge in [0.2, 0.25) is 0 Å². The summed E-state index contributed by atoms with van der Waals surface area (Å²) in [6.07, 6.45) is 2.51. The van der Waals surface area contributed by atoms with Gasteiger partial charge in [0.1, 0.15) is 0 Å². The maximum Gasteiger partial charge on any atom is 0.0401 e. The largest absolute Gasteiger partial charge is 0.371 e. The summed E-state index contributed by atoms with van der Waals surface area (Å²) in [6, 6.07) is 10.2. The molecule has 1 aliphatic rings. The molecule has 106 valence electrons. The Morgan fingerprint density at radius 3 is 2.26 bits per heavy atom. The first-order valence-corrected chi connectivity index (χ1v) is 7.68. The van der Waals surface area contributed by atoms with E-state index in [1.165, 1.54) is 37.2 Å². The van der Waals surface area contributed by atoms with Crippen molar-refractivity contribution in [1.29, 1.82) is 0 Å². The zero-order valence-electron chi connectivity index (χ0n) is 12.8. The van der Waals surface area contributed by atoms with E-state index in [1.807, 2.05) is 0 Å². The second kappa shape index (κ2) is 6.42. The van der Waals surface area contributed by atoms with Crippen molar-refractivity contribution in [2.24, 2.45) is 0 Å². The van der Waals surface area contributed by atoms with Crippen LogP contribution in [-0.4, -0.2) is 25.2 Å². The van der Waals surface area contributed by atoms with Crippen LogP contribution in [-0.2, 0) is 0 Å². The molecule has 0 aliphatic carbocycles. The molecule has 1 aromatic carbocycles. The predicted octanol–water partition coefficient (Wildman–Crippen LogP) is 3.78. The van der Waals surface area contributed by atoms with E-state index in [0.717, 1.165) is 0 Å². The van der Waals surface area contributed by atoms with Gasteiger partial charge in [-0.1, -0.05) is 45.9 Å². The van der Waals surface area contributed by atoms with Crippen molar-refractivity contribution in [3.05, 3.63) is 29.8 Å². The smallest absolute Gasteiger partial charge is 0.0401 e. The zero-order valence-corrected chi connectivity index (χ0v) is 12.8. The van der Waals surface area contributed by atoms with E-state index in [9.17, 15) is 0 Å². The molecule has 1 aliphatic heterocycles. The molecule has 1 fully saturated rings. The molecule has 0 spiro atoms. The van der Waals surface area contributed by atoms with Gasteiger partial charge in [-0.2, -0.15) is 0 Å². The Hall–Kier alpha value is -1.02. The van der Waals surface area contributed by atoms with E-state index in [2.05, 4.69) is 62.2 Å². The Labute approximate surface area is 118 Å². The number of nitrogens with zero attached hydrogens (tertiary/aromatic N) is 1. The fourth-order valence-corrected chi connectivity index (χ4v) is 3.02. The molecule has 1 saturated heterocycles. The molecule has 2 nitrogen and oxygen atoms in total. The fourth-order valence-electron chi connectivity index (χ4n) is 3.02. The summed E-state index contributed by atoms with van der Waals surface area (Å²) < 4.78 is 0. The minimum atomic E-state index is 0.597. The van der Waals surface area contributed by atoms with Gasteiger partial charge < -0.3 is 10.2 Å². The predicted molar refractivity (Wildman–Crippen MR) is 84.0 cm³/mol. The summed E-state index contributed by atoms with van der Waals surface area (Å²) in [6.45, 7) is 11.4. The summed E-state index contributed by atoms with van der Waals surface area (Å²) in [4.78, 5) is 2.56. The number of benzene rings is 1. The lowest BCUT2D eigenvalue weighted by atomic mass is 9.97. The molecule has 0 saturated carbocycles. The molecule has 2 rings (SSSR count). The van der Waals surface area contributed by atoms with Crippen LogP contribution in [0.3, 0.4) is 0 Å². The summed E-state index contributed by atoms with van der Waals surface area (Å²) in [7, 11) is 0. The van der Waals surface area contributed by atoms with Crippen LogP contribution in [0, 0.1) is 0 Å². The standard InChI is InChI=1S/C17H28N2/c1-13(2)16-7-5-6-8-17(16)19-11-9-15(10-12-19)18-14(3)4/h5-8,13-15,18H,9-12H2,1-4H3. The van der Waals surface area contributed by atoms with Crippen molar-refractivity contribution in [1.82, 2.24) is 5.32 Å². The van der Waals surface area contributed by atoms with Crippen LogP contribution in [0.25, 0.3) is 0 Å². The molecule has 0 unspecified atom stereocenters. The van der Waals surface area contributed by atoms with E-state index >= 15 is 0 Å². The van der Waals surface area contributed by atoms with Gasteiger partial charge in [-0.3, -0.25) is 0 Å². The van der Waals surface area contributed by atoms with Crippen LogP contribution in [0.4, 0.5) is 5.69 Å². The Kier molecular flexibility index (Phi) is 4.87. The van der Waals surface area contributed by atoms with Crippen LogP contribution in [0.15, 0.2) is 24.3 Å².